The van der Waals surface area contributed by atoms with E-state index in [9.17, 15) is 4.21 Å². The summed E-state index contributed by atoms with van der Waals surface area (Å²) in [6, 6.07) is 0. The lowest BCUT2D eigenvalue weighted by Crippen LogP contribution is -2.11. The highest BCUT2D eigenvalue weighted by atomic mass is 32.2. The molecule has 0 amide bonds. The molecule has 0 radical (unpaired) electrons. The molecule has 0 aromatic carbocycles. The molecule has 1 aromatic heterocycles. The van der Waals surface area contributed by atoms with Crippen molar-refractivity contribution in [1.82, 2.24) is 9.97 Å². The molecule has 1 aromatic rings. The first-order valence-corrected chi connectivity index (χ1v) is 5.99. The van der Waals surface area contributed by atoms with Crippen LogP contribution < -0.4 is 10.6 Å². The maximum atomic E-state index is 10.8. The summed E-state index contributed by atoms with van der Waals surface area (Å²) < 4.78 is 10.8. The highest BCUT2D eigenvalue weighted by Gasteiger charge is 1.96. The van der Waals surface area contributed by atoms with Crippen LogP contribution in [0.4, 0.5) is 11.6 Å². The Kier molecular flexibility index (Phi) is 4.31. The largest absolute Gasteiger partial charge is 0.372 e. The first-order valence-electron chi connectivity index (χ1n) is 4.26. The highest BCUT2D eigenvalue weighted by Crippen LogP contribution is 2.04. The maximum absolute atomic E-state index is 10.8. The number of nitrogens with one attached hydrogen (secondary N) is 2. The molecule has 0 aliphatic carbocycles. The molecular weight excluding hydrogens is 200 g/mol. The van der Waals surface area contributed by atoms with E-state index < -0.39 is 10.8 Å². The SMILES string of the molecule is CNc1cncc(NCCS(C)=O)n1. The monoisotopic (exact) mass is 214 g/mol. The van der Waals surface area contributed by atoms with Gasteiger partial charge in [0, 0.05) is 36.4 Å². The third-order valence-electron chi connectivity index (χ3n) is 1.59. The molecule has 1 unspecified atom stereocenters. The third-order valence-corrected chi connectivity index (χ3v) is 2.37. The summed E-state index contributed by atoms with van der Waals surface area (Å²) in [5.74, 6) is 2.03. The maximum Gasteiger partial charge on any atom is 0.146 e. The van der Waals surface area contributed by atoms with Gasteiger partial charge in [0.05, 0.1) is 12.4 Å². The summed E-state index contributed by atoms with van der Waals surface area (Å²) in [6.07, 6.45) is 4.96. The van der Waals surface area contributed by atoms with Crippen LogP contribution in [0.5, 0.6) is 0 Å². The van der Waals surface area contributed by atoms with Gasteiger partial charge in [-0.1, -0.05) is 0 Å². The van der Waals surface area contributed by atoms with E-state index in [1.807, 2.05) is 0 Å². The van der Waals surface area contributed by atoms with Gasteiger partial charge in [-0.05, 0) is 0 Å². The van der Waals surface area contributed by atoms with Crippen LogP contribution in [-0.2, 0) is 10.8 Å². The second kappa shape index (κ2) is 5.54. The first-order chi connectivity index (χ1) is 6.72. The molecular formula is C8H14N4OS. The molecule has 1 rings (SSSR count). The number of anilines is 2. The summed E-state index contributed by atoms with van der Waals surface area (Å²) in [5.41, 5.74) is 0. The Balaban J connectivity index is 2.46. The molecule has 0 fully saturated rings. The number of hydrogen-bond donors (Lipinski definition) is 2. The third kappa shape index (κ3) is 3.69. The van der Waals surface area contributed by atoms with Crippen LogP contribution in [-0.4, -0.2) is 39.8 Å². The summed E-state index contributed by atoms with van der Waals surface area (Å²) in [7, 11) is 1.01. The number of rotatable bonds is 5. The Bertz CT molecular complexity index is 318. The van der Waals surface area contributed by atoms with Crippen molar-refractivity contribution >= 4 is 22.4 Å². The van der Waals surface area contributed by atoms with Crippen LogP contribution in [0, 0.1) is 0 Å². The molecule has 6 heteroatoms. The van der Waals surface area contributed by atoms with Gasteiger partial charge in [-0.2, -0.15) is 0 Å². The standard InChI is InChI=1S/C8H14N4OS/c1-9-7-5-10-6-8(12-7)11-3-4-14(2)13/h5-6H,3-4H2,1-2H3,(H2,9,11,12). The van der Waals surface area contributed by atoms with Gasteiger partial charge in [0.2, 0.25) is 0 Å². The van der Waals surface area contributed by atoms with E-state index in [0.717, 1.165) is 0 Å². The number of hydrogen-bond acceptors (Lipinski definition) is 5. The van der Waals surface area contributed by atoms with Crippen molar-refractivity contribution in [2.45, 2.75) is 0 Å². The van der Waals surface area contributed by atoms with Gasteiger partial charge < -0.3 is 10.6 Å². The fraction of sp³-hybridized carbons (Fsp3) is 0.500. The van der Waals surface area contributed by atoms with Crippen molar-refractivity contribution in [3.05, 3.63) is 12.4 Å². The van der Waals surface area contributed by atoms with Crippen LogP contribution >= 0.6 is 0 Å². The Hall–Kier alpha value is -1.17. The lowest BCUT2D eigenvalue weighted by Gasteiger charge is -2.05. The highest BCUT2D eigenvalue weighted by molar-refractivity contribution is 7.84. The van der Waals surface area contributed by atoms with Crippen molar-refractivity contribution in [1.29, 1.82) is 0 Å². The van der Waals surface area contributed by atoms with Crippen LogP contribution in [0.3, 0.4) is 0 Å². The van der Waals surface area contributed by atoms with E-state index in [1.54, 1.807) is 25.7 Å². The van der Waals surface area contributed by atoms with Crippen molar-refractivity contribution in [2.24, 2.45) is 0 Å². The molecule has 0 aliphatic rings. The molecule has 78 valence electrons. The zero-order valence-corrected chi connectivity index (χ0v) is 9.10. The van der Waals surface area contributed by atoms with E-state index in [-0.39, 0.29) is 0 Å². The molecule has 1 heterocycles. The normalized spacial score (nSPS) is 12.1. The lowest BCUT2D eigenvalue weighted by atomic mass is 10.6. The van der Waals surface area contributed by atoms with E-state index >= 15 is 0 Å². The van der Waals surface area contributed by atoms with Crippen molar-refractivity contribution < 1.29 is 4.21 Å². The zero-order chi connectivity index (χ0) is 10.4. The fourth-order valence-corrected chi connectivity index (χ4v) is 1.28. The summed E-state index contributed by atoms with van der Waals surface area (Å²) >= 11 is 0. The number of aromatic nitrogens is 2. The van der Waals surface area contributed by atoms with Gasteiger partial charge in [0.25, 0.3) is 0 Å². The molecule has 0 saturated heterocycles. The van der Waals surface area contributed by atoms with Crippen molar-refractivity contribution in [3.8, 4) is 0 Å². The molecule has 0 aliphatic heterocycles. The Labute approximate surface area is 85.8 Å². The molecule has 0 saturated carbocycles. The smallest absolute Gasteiger partial charge is 0.146 e. The van der Waals surface area contributed by atoms with E-state index in [2.05, 4.69) is 20.6 Å². The Morgan fingerprint density at radius 1 is 1.43 bits per heavy atom. The van der Waals surface area contributed by atoms with E-state index in [4.69, 9.17) is 0 Å². The minimum Gasteiger partial charge on any atom is -0.372 e. The topological polar surface area (TPSA) is 66.9 Å². The molecule has 5 nitrogen and oxygen atoms in total. The van der Waals surface area contributed by atoms with Gasteiger partial charge in [-0.25, -0.2) is 4.98 Å². The van der Waals surface area contributed by atoms with Crippen LogP contribution in [0.1, 0.15) is 0 Å². The van der Waals surface area contributed by atoms with Crippen LogP contribution in [0.25, 0.3) is 0 Å². The summed E-state index contributed by atoms with van der Waals surface area (Å²) in [4.78, 5) is 8.19. The predicted molar refractivity (Wildman–Crippen MR) is 59.0 cm³/mol. The van der Waals surface area contributed by atoms with Crippen molar-refractivity contribution in [2.75, 3.05) is 36.2 Å². The molecule has 2 N–H and O–H groups in total. The quantitative estimate of drug-likeness (QED) is 0.738. The van der Waals surface area contributed by atoms with Crippen LogP contribution in [0.15, 0.2) is 12.4 Å². The van der Waals surface area contributed by atoms with E-state index in [0.29, 0.717) is 23.9 Å². The molecule has 14 heavy (non-hydrogen) atoms. The molecule has 0 spiro atoms. The average molecular weight is 214 g/mol. The van der Waals surface area contributed by atoms with Gasteiger partial charge in [0.1, 0.15) is 11.6 Å². The minimum atomic E-state index is -0.773. The van der Waals surface area contributed by atoms with E-state index in [1.165, 1.54) is 0 Å². The summed E-state index contributed by atoms with van der Waals surface area (Å²) in [6.45, 7) is 0.644. The second-order valence-electron chi connectivity index (χ2n) is 2.74. The Morgan fingerprint density at radius 2 is 2.14 bits per heavy atom. The second-order valence-corrected chi connectivity index (χ2v) is 4.30. The fourth-order valence-electron chi connectivity index (χ4n) is 0.894. The van der Waals surface area contributed by atoms with Gasteiger partial charge in [0.15, 0.2) is 0 Å². The molecule has 0 bridgehead atoms. The zero-order valence-electron chi connectivity index (χ0n) is 8.28. The van der Waals surface area contributed by atoms with Gasteiger partial charge >= 0.3 is 0 Å². The summed E-state index contributed by atoms with van der Waals surface area (Å²) in [5, 5.41) is 5.94. The van der Waals surface area contributed by atoms with Crippen molar-refractivity contribution in [3.63, 3.8) is 0 Å². The van der Waals surface area contributed by atoms with Gasteiger partial charge in [-0.15, -0.1) is 0 Å². The number of nitrogens with zero attached hydrogens (tertiary/aromatic N) is 2. The average Bonchev–Trinajstić information content (AvgIpc) is 2.18. The van der Waals surface area contributed by atoms with Crippen LogP contribution in [0.2, 0.25) is 0 Å². The lowest BCUT2D eigenvalue weighted by molar-refractivity contribution is 0.687. The minimum absolute atomic E-state index is 0.617. The first kappa shape index (κ1) is 10.9. The predicted octanol–water partition coefficient (Wildman–Crippen LogP) is 0.309. The Morgan fingerprint density at radius 3 is 2.79 bits per heavy atom. The molecule has 1 atom stereocenters. The van der Waals surface area contributed by atoms with Gasteiger partial charge in [-0.3, -0.25) is 9.19 Å².